The molecule has 0 spiro atoms. The molecule has 0 aliphatic carbocycles. The minimum Gasteiger partial charge on any atom is -0.454 e. The van der Waals surface area contributed by atoms with Gasteiger partial charge in [-0.3, -0.25) is 14.9 Å². The first kappa shape index (κ1) is 23.6. The Labute approximate surface area is 203 Å². The molecule has 4 aromatic rings. The van der Waals surface area contributed by atoms with Crippen molar-refractivity contribution in [1.82, 2.24) is 10.1 Å². The van der Waals surface area contributed by atoms with Gasteiger partial charge in [0.25, 0.3) is 17.5 Å². The lowest BCUT2D eigenvalue weighted by Crippen LogP contribution is -2.16. The van der Waals surface area contributed by atoms with Crippen LogP contribution in [0.25, 0.3) is 11.5 Å². The summed E-state index contributed by atoms with van der Waals surface area (Å²) >= 11 is 6.03. The Balaban J connectivity index is 1.44. The molecule has 0 saturated carbocycles. The summed E-state index contributed by atoms with van der Waals surface area (Å²) in [5, 5.41) is 17.2. The van der Waals surface area contributed by atoms with E-state index in [0.717, 1.165) is 23.3 Å². The minimum atomic E-state index is -0.725. The smallest absolute Gasteiger partial charge is 0.340 e. The van der Waals surface area contributed by atoms with Crippen LogP contribution in [0, 0.1) is 17.0 Å². The summed E-state index contributed by atoms with van der Waals surface area (Å²) in [6, 6.07) is 17.2. The number of hydrogen-bond donors (Lipinski definition) is 1. The van der Waals surface area contributed by atoms with Gasteiger partial charge in [0.05, 0.1) is 26.8 Å². The second-order valence-electron chi connectivity index (χ2n) is 7.38. The lowest BCUT2D eigenvalue weighted by atomic mass is 10.1. The second kappa shape index (κ2) is 10.1. The van der Waals surface area contributed by atoms with Crippen molar-refractivity contribution in [3.05, 3.63) is 104 Å². The van der Waals surface area contributed by atoms with Crippen molar-refractivity contribution in [2.45, 2.75) is 13.5 Å². The van der Waals surface area contributed by atoms with Crippen LogP contribution in [0.4, 0.5) is 11.4 Å². The minimum absolute atomic E-state index is 0.0101. The van der Waals surface area contributed by atoms with Crippen LogP contribution in [0.3, 0.4) is 0 Å². The van der Waals surface area contributed by atoms with Gasteiger partial charge in [0.2, 0.25) is 5.82 Å². The summed E-state index contributed by atoms with van der Waals surface area (Å²) in [6.07, 6.45) is 0. The summed E-state index contributed by atoms with van der Waals surface area (Å²) in [5.74, 6) is -0.903. The lowest BCUT2D eigenvalue weighted by Gasteiger charge is -2.11. The van der Waals surface area contributed by atoms with Crippen LogP contribution < -0.4 is 5.32 Å². The number of amides is 1. The topological polar surface area (TPSA) is 137 Å². The molecule has 1 heterocycles. The number of nitro groups is 1. The Bertz CT molecular complexity index is 1420. The van der Waals surface area contributed by atoms with E-state index in [9.17, 15) is 19.7 Å². The Morgan fingerprint density at radius 1 is 1.09 bits per heavy atom. The molecule has 10 nitrogen and oxygen atoms in total. The van der Waals surface area contributed by atoms with E-state index >= 15 is 0 Å². The van der Waals surface area contributed by atoms with Crippen molar-refractivity contribution < 1.29 is 23.8 Å². The molecule has 1 N–H and O–H groups in total. The number of nitro benzene ring substituents is 1. The number of halogens is 1. The predicted molar refractivity (Wildman–Crippen MR) is 126 cm³/mol. The molecule has 1 aromatic heterocycles. The number of para-hydroxylation sites is 1. The highest BCUT2D eigenvalue weighted by Crippen LogP contribution is 2.25. The molecule has 3 aromatic carbocycles. The summed E-state index contributed by atoms with van der Waals surface area (Å²) < 4.78 is 10.5. The molecule has 35 heavy (non-hydrogen) atoms. The Kier molecular flexibility index (Phi) is 6.83. The van der Waals surface area contributed by atoms with Gasteiger partial charge in [-0.2, -0.15) is 4.98 Å². The number of hydrogen-bond acceptors (Lipinski definition) is 8. The number of carbonyl (C=O) groups is 2. The zero-order valence-corrected chi connectivity index (χ0v) is 19.0. The Morgan fingerprint density at radius 3 is 2.54 bits per heavy atom. The second-order valence-corrected chi connectivity index (χ2v) is 7.79. The van der Waals surface area contributed by atoms with Gasteiger partial charge in [-0.05, 0) is 37.3 Å². The summed E-state index contributed by atoms with van der Waals surface area (Å²) in [4.78, 5) is 39.9. The predicted octanol–water partition coefficient (Wildman–Crippen LogP) is 5.22. The van der Waals surface area contributed by atoms with Gasteiger partial charge in [-0.15, -0.1) is 0 Å². The zero-order chi connectivity index (χ0) is 24.9. The number of esters is 1. The largest absolute Gasteiger partial charge is 0.454 e. The van der Waals surface area contributed by atoms with Gasteiger partial charge in [0.15, 0.2) is 6.61 Å². The van der Waals surface area contributed by atoms with Crippen molar-refractivity contribution in [2.24, 2.45) is 0 Å². The average molecular weight is 493 g/mol. The number of rotatable bonds is 7. The van der Waals surface area contributed by atoms with Crippen molar-refractivity contribution in [3.63, 3.8) is 0 Å². The molecule has 1 amide bonds. The molecule has 0 unspecified atom stereocenters. The third-order valence-corrected chi connectivity index (χ3v) is 5.21. The molecule has 0 aliphatic heterocycles. The first-order valence-electron chi connectivity index (χ1n) is 10.2. The first-order chi connectivity index (χ1) is 16.8. The fourth-order valence-corrected chi connectivity index (χ4v) is 3.36. The van der Waals surface area contributed by atoms with Gasteiger partial charge in [0.1, 0.15) is 0 Å². The van der Waals surface area contributed by atoms with E-state index in [2.05, 4.69) is 15.5 Å². The highest BCUT2D eigenvalue weighted by atomic mass is 35.5. The average Bonchev–Trinajstić information content (AvgIpc) is 3.32. The van der Waals surface area contributed by atoms with Gasteiger partial charge in [-0.1, -0.05) is 46.6 Å². The maximum absolute atomic E-state index is 12.7. The molecule has 0 bridgehead atoms. The quantitative estimate of drug-likeness (QED) is 0.210. The number of anilines is 1. The number of aryl methyl sites for hydroxylation is 1. The molecular formula is C24H17ClN4O6. The van der Waals surface area contributed by atoms with E-state index in [0.29, 0.717) is 5.89 Å². The Morgan fingerprint density at radius 2 is 1.83 bits per heavy atom. The van der Waals surface area contributed by atoms with E-state index in [4.69, 9.17) is 20.9 Å². The van der Waals surface area contributed by atoms with E-state index in [1.54, 1.807) is 12.1 Å². The maximum atomic E-state index is 12.7. The molecular weight excluding hydrogens is 476 g/mol. The number of ether oxygens (including phenoxy) is 1. The van der Waals surface area contributed by atoms with E-state index in [1.165, 1.54) is 18.2 Å². The summed E-state index contributed by atoms with van der Waals surface area (Å²) in [5.41, 5.74) is 1.84. The monoisotopic (exact) mass is 492 g/mol. The molecule has 0 saturated heterocycles. The number of nitrogens with zero attached hydrogens (tertiary/aromatic N) is 3. The number of carbonyl (C=O) groups excluding carboxylic acids is 2. The van der Waals surface area contributed by atoms with Crippen LogP contribution in [0.1, 0.15) is 32.1 Å². The third-order valence-electron chi connectivity index (χ3n) is 4.90. The molecule has 0 atom stereocenters. The van der Waals surface area contributed by atoms with Crippen LogP contribution in [0.5, 0.6) is 0 Å². The van der Waals surface area contributed by atoms with Gasteiger partial charge >= 0.3 is 5.97 Å². The number of nitrogens with one attached hydrogen (secondary N) is 1. The molecule has 0 aliphatic rings. The summed E-state index contributed by atoms with van der Waals surface area (Å²) in [7, 11) is 0. The van der Waals surface area contributed by atoms with Gasteiger partial charge in [-0.25, -0.2) is 4.79 Å². The highest BCUT2D eigenvalue weighted by molar-refractivity contribution is 6.34. The summed E-state index contributed by atoms with van der Waals surface area (Å²) in [6.45, 7) is 1.72. The van der Waals surface area contributed by atoms with Crippen LogP contribution >= 0.6 is 11.6 Å². The lowest BCUT2D eigenvalue weighted by molar-refractivity contribution is -0.384. The van der Waals surface area contributed by atoms with Crippen LogP contribution in [-0.4, -0.2) is 26.9 Å². The van der Waals surface area contributed by atoms with Crippen molar-refractivity contribution in [2.75, 3.05) is 5.32 Å². The number of aromatic nitrogens is 2. The van der Waals surface area contributed by atoms with Crippen molar-refractivity contribution >= 4 is 34.9 Å². The fourth-order valence-electron chi connectivity index (χ4n) is 3.10. The standard InChI is InChI=1S/C24H17ClN4O6/c1-14-6-8-15(9-7-14)23-27-21(28-35-23)13-34-24(31)18-4-2-3-5-20(18)26-22(30)17-11-10-16(29(32)33)12-19(17)25/h2-12H,13H2,1H3,(H,26,30). The highest BCUT2D eigenvalue weighted by Gasteiger charge is 2.19. The third kappa shape index (κ3) is 5.50. The van der Waals surface area contributed by atoms with E-state index < -0.39 is 16.8 Å². The van der Waals surface area contributed by atoms with Crippen LogP contribution in [0.2, 0.25) is 5.02 Å². The SMILES string of the molecule is Cc1ccc(-c2nc(COC(=O)c3ccccc3NC(=O)c3ccc([N+](=O)[O-])cc3Cl)no2)cc1. The normalized spacial score (nSPS) is 10.6. The van der Waals surface area contributed by atoms with Gasteiger partial charge in [0, 0.05) is 17.7 Å². The number of benzene rings is 3. The van der Waals surface area contributed by atoms with Crippen LogP contribution in [0.15, 0.2) is 71.3 Å². The van der Waals surface area contributed by atoms with Gasteiger partial charge < -0.3 is 14.6 Å². The van der Waals surface area contributed by atoms with Crippen LogP contribution in [-0.2, 0) is 11.3 Å². The molecule has 176 valence electrons. The maximum Gasteiger partial charge on any atom is 0.340 e. The Hall–Kier alpha value is -4.57. The van der Waals surface area contributed by atoms with Crippen molar-refractivity contribution in [1.29, 1.82) is 0 Å². The molecule has 11 heteroatoms. The molecule has 0 fully saturated rings. The van der Waals surface area contributed by atoms with E-state index in [-0.39, 0.29) is 40.0 Å². The molecule has 0 radical (unpaired) electrons. The van der Waals surface area contributed by atoms with E-state index in [1.807, 2.05) is 31.2 Å². The molecule has 4 rings (SSSR count). The first-order valence-corrected chi connectivity index (χ1v) is 10.6. The van der Waals surface area contributed by atoms with Crippen molar-refractivity contribution in [3.8, 4) is 11.5 Å². The number of non-ortho nitro benzene ring substituents is 1. The zero-order valence-electron chi connectivity index (χ0n) is 18.2. The fraction of sp³-hybridized carbons (Fsp3) is 0.0833.